The van der Waals surface area contributed by atoms with Crippen molar-refractivity contribution in [1.29, 1.82) is 0 Å². The van der Waals surface area contributed by atoms with Crippen LogP contribution in [0.2, 0.25) is 5.02 Å². The fraction of sp³-hybridized carbons (Fsp3) is 0.308. The zero-order valence-corrected chi connectivity index (χ0v) is 12.5. The first-order chi connectivity index (χ1) is 9.56. The zero-order valence-electron chi connectivity index (χ0n) is 10.9. The van der Waals surface area contributed by atoms with Crippen molar-refractivity contribution in [2.45, 2.75) is 19.9 Å². The average molecular weight is 312 g/mol. The Hall–Kier alpha value is -1.50. The Balaban J connectivity index is 1.87. The van der Waals surface area contributed by atoms with E-state index in [-0.39, 0.29) is 5.69 Å². The van der Waals surface area contributed by atoms with Crippen LogP contribution < -0.4 is 5.32 Å². The molecule has 0 amide bonds. The molecular formula is C13H14ClN3O2S. The van der Waals surface area contributed by atoms with E-state index in [1.807, 2.05) is 12.3 Å². The largest absolute Gasteiger partial charge is 0.312 e. The number of nitro benzene ring substituents is 1. The fourth-order valence-corrected chi connectivity index (χ4v) is 2.71. The van der Waals surface area contributed by atoms with Crippen molar-refractivity contribution < 1.29 is 4.92 Å². The van der Waals surface area contributed by atoms with Crippen LogP contribution in [0.4, 0.5) is 5.69 Å². The van der Waals surface area contributed by atoms with Crippen molar-refractivity contribution in [3.05, 3.63) is 55.0 Å². The summed E-state index contributed by atoms with van der Waals surface area (Å²) in [5.74, 6) is 0. The van der Waals surface area contributed by atoms with Crippen molar-refractivity contribution in [3.63, 3.8) is 0 Å². The molecule has 20 heavy (non-hydrogen) atoms. The summed E-state index contributed by atoms with van der Waals surface area (Å²) in [5.41, 5.74) is 1.82. The first-order valence-corrected chi connectivity index (χ1v) is 7.36. The molecule has 0 saturated heterocycles. The van der Waals surface area contributed by atoms with Gasteiger partial charge in [0.25, 0.3) is 5.69 Å². The minimum absolute atomic E-state index is 0.0572. The van der Waals surface area contributed by atoms with E-state index < -0.39 is 4.92 Å². The Morgan fingerprint density at radius 2 is 2.30 bits per heavy atom. The van der Waals surface area contributed by atoms with Gasteiger partial charge in [-0.3, -0.25) is 10.1 Å². The summed E-state index contributed by atoms with van der Waals surface area (Å²) in [5, 5.41) is 17.6. The number of aromatic nitrogens is 1. The molecule has 1 N–H and O–H groups in total. The molecule has 0 atom stereocenters. The van der Waals surface area contributed by atoms with Crippen molar-refractivity contribution >= 4 is 28.6 Å². The monoisotopic (exact) mass is 311 g/mol. The summed E-state index contributed by atoms with van der Waals surface area (Å²) in [6, 6.07) is 4.47. The Morgan fingerprint density at radius 3 is 2.95 bits per heavy atom. The molecule has 0 fully saturated rings. The summed E-state index contributed by atoms with van der Waals surface area (Å²) < 4.78 is 0. The number of thiazole rings is 1. The maximum atomic E-state index is 10.7. The van der Waals surface area contributed by atoms with Crippen LogP contribution in [-0.2, 0) is 13.0 Å². The molecule has 106 valence electrons. The minimum Gasteiger partial charge on any atom is -0.312 e. The summed E-state index contributed by atoms with van der Waals surface area (Å²) in [4.78, 5) is 14.7. The SMILES string of the molecule is Cc1csc(CCNCc2cc([N+](=O)[O-])ccc2Cl)n1. The number of hydrogen-bond donors (Lipinski definition) is 1. The zero-order chi connectivity index (χ0) is 14.5. The maximum absolute atomic E-state index is 10.7. The lowest BCUT2D eigenvalue weighted by Crippen LogP contribution is -2.17. The number of aryl methyl sites for hydroxylation is 1. The van der Waals surface area contributed by atoms with Gasteiger partial charge in [-0.2, -0.15) is 0 Å². The first kappa shape index (κ1) is 14.9. The molecule has 5 nitrogen and oxygen atoms in total. The quantitative estimate of drug-likeness (QED) is 0.504. The van der Waals surface area contributed by atoms with Gasteiger partial charge in [0.1, 0.15) is 0 Å². The lowest BCUT2D eigenvalue weighted by molar-refractivity contribution is -0.384. The van der Waals surface area contributed by atoms with Gasteiger partial charge in [-0.05, 0) is 18.6 Å². The van der Waals surface area contributed by atoms with Gasteiger partial charge in [0.05, 0.1) is 9.93 Å². The fourth-order valence-electron chi connectivity index (χ4n) is 1.75. The van der Waals surface area contributed by atoms with Crippen LogP contribution in [0.15, 0.2) is 23.6 Å². The van der Waals surface area contributed by atoms with Gasteiger partial charge in [-0.15, -0.1) is 11.3 Å². The van der Waals surface area contributed by atoms with E-state index in [0.717, 1.165) is 29.2 Å². The van der Waals surface area contributed by atoms with Crippen LogP contribution in [0.25, 0.3) is 0 Å². The lowest BCUT2D eigenvalue weighted by atomic mass is 10.2. The predicted octanol–water partition coefficient (Wildman–Crippen LogP) is 3.35. The molecule has 0 spiro atoms. The van der Waals surface area contributed by atoms with E-state index >= 15 is 0 Å². The molecule has 1 aromatic carbocycles. The molecule has 0 bridgehead atoms. The van der Waals surface area contributed by atoms with Gasteiger partial charge in [0.2, 0.25) is 0 Å². The van der Waals surface area contributed by atoms with Crippen molar-refractivity contribution in [2.75, 3.05) is 6.54 Å². The second kappa shape index (κ2) is 6.78. The van der Waals surface area contributed by atoms with E-state index in [9.17, 15) is 10.1 Å². The number of halogens is 1. The second-order valence-electron chi connectivity index (χ2n) is 4.34. The van der Waals surface area contributed by atoms with Gasteiger partial charge in [-0.25, -0.2) is 4.98 Å². The van der Waals surface area contributed by atoms with Crippen molar-refractivity contribution in [1.82, 2.24) is 10.3 Å². The van der Waals surface area contributed by atoms with Crippen molar-refractivity contribution in [2.24, 2.45) is 0 Å². The van der Waals surface area contributed by atoms with E-state index in [2.05, 4.69) is 10.3 Å². The first-order valence-electron chi connectivity index (χ1n) is 6.11. The lowest BCUT2D eigenvalue weighted by Gasteiger charge is -2.06. The molecule has 2 rings (SSSR count). The van der Waals surface area contributed by atoms with E-state index in [1.165, 1.54) is 12.1 Å². The minimum atomic E-state index is -0.418. The second-order valence-corrected chi connectivity index (χ2v) is 5.69. The smallest absolute Gasteiger partial charge is 0.269 e. The number of hydrogen-bond acceptors (Lipinski definition) is 5. The van der Waals surface area contributed by atoms with Crippen LogP contribution in [0.5, 0.6) is 0 Å². The van der Waals surface area contributed by atoms with Crippen LogP contribution in [0, 0.1) is 17.0 Å². The highest BCUT2D eigenvalue weighted by Gasteiger charge is 2.09. The molecule has 0 unspecified atom stereocenters. The topological polar surface area (TPSA) is 68.1 Å². The Bertz CT molecular complexity index is 615. The third kappa shape index (κ3) is 4.00. The Labute approximate surface area is 125 Å². The van der Waals surface area contributed by atoms with Gasteiger partial charge in [-0.1, -0.05) is 11.6 Å². The standard InChI is InChI=1S/C13H14ClN3O2S/c1-9-8-20-13(16-9)4-5-15-7-10-6-11(17(18)19)2-3-12(10)14/h2-3,6,8,15H,4-5,7H2,1H3. The van der Waals surface area contributed by atoms with Crippen LogP contribution >= 0.6 is 22.9 Å². The molecule has 0 aliphatic heterocycles. The molecule has 1 heterocycles. The van der Waals surface area contributed by atoms with E-state index in [4.69, 9.17) is 11.6 Å². The van der Waals surface area contributed by atoms with Gasteiger partial charge < -0.3 is 5.32 Å². The number of nitrogens with zero attached hydrogens (tertiary/aromatic N) is 2. The van der Waals surface area contributed by atoms with Gasteiger partial charge in [0.15, 0.2) is 0 Å². The predicted molar refractivity (Wildman–Crippen MR) is 80.4 cm³/mol. The van der Waals surface area contributed by atoms with Gasteiger partial charge >= 0.3 is 0 Å². The molecule has 0 aliphatic carbocycles. The van der Waals surface area contributed by atoms with Crippen LogP contribution in [-0.4, -0.2) is 16.5 Å². The maximum Gasteiger partial charge on any atom is 0.269 e. The highest BCUT2D eigenvalue weighted by atomic mass is 35.5. The molecule has 2 aromatic rings. The van der Waals surface area contributed by atoms with Crippen LogP contribution in [0.1, 0.15) is 16.3 Å². The molecule has 0 saturated carbocycles. The molecule has 0 aliphatic rings. The highest BCUT2D eigenvalue weighted by Crippen LogP contribution is 2.21. The Morgan fingerprint density at radius 1 is 1.50 bits per heavy atom. The number of benzene rings is 1. The molecular weight excluding hydrogens is 298 g/mol. The third-order valence-corrected chi connectivity index (χ3v) is 4.13. The molecule has 1 aromatic heterocycles. The van der Waals surface area contributed by atoms with E-state index in [1.54, 1.807) is 17.4 Å². The third-order valence-electron chi connectivity index (χ3n) is 2.74. The Kier molecular flexibility index (Phi) is 5.05. The number of non-ortho nitro benzene ring substituents is 1. The van der Waals surface area contributed by atoms with Crippen molar-refractivity contribution in [3.8, 4) is 0 Å². The average Bonchev–Trinajstić information content (AvgIpc) is 2.82. The normalized spacial score (nSPS) is 10.7. The molecule has 7 heteroatoms. The summed E-state index contributed by atoms with van der Waals surface area (Å²) in [7, 11) is 0. The molecule has 0 radical (unpaired) electrons. The number of nitrogens with one attached hydrogen (secondary N) is 1. The van der Waals surface area contributed by atoms with Gasteiger partial charge in [0, 0.05) is 47.7 Å². The summed E-state index contributed by atoms with van der Waals surface area (Å²) in [6.45, 7) is 3.23. The number of nitro groups is 1. The summed E-state index contributed by atoms with van der Waals surface area (Å²) >= 11 is 7.67. The van der Waals surface area contributed by atoms with E-state index in [0.29, 0.717) is 11.6 Å². The number of rotatable bonds is 6. The highest BCUT2D eigenvalue weighted by molar-refractivity contribution is 7.09. The summed E-state index contributed by atoms with van der Waals surface area (Å²) in [6.07, 6.45) is 0.838. The van der Waals surface area contributed by atoms with Crippen LogP contribution in [0.3, 0.4) is 0 Å².